The second kappa shape index (κ2) is 5.45. The Morgan fingerprint density at radius 2 is 1.74 bits per heavy atom. The van der Waals surface area contributed by atoms with Crippen molar-refractivity contribution in [3.05, 3.63) is 59.7 Å². The van der Waals surface area contributed by atoms with Crippen molar-refractivity contribution in [2.45, 2.75) is 19.9 Å². The van der Waals surface area contributed by atoms with Crippen molar-refractivity contribution in [3.8, 4) is 0 Å². The Bertz CT molecular complexity index is 563. The van der Waals surface area contributed by atoms with Crippen LogP contribution < -0.4 is 10.2 Å². The Hall–Kier alpha value is -1.80. The Balaban J connectivity index is 2.09. The molecule has 0 saturated carbocycles. The van der Waals surface area contributed by atoms with Crippen molar-refractivity contribution in [3.63, 3.8) is 0 Å². The maximum atomic E-state index is 3.50. The number of nitrogens with one attached hydrogen (secondary N) is 1. The van der Waals surface area contributed by atoms with Crippen molar-refractivity contribution in [1.82, 2.24) is 5.32 Å². The molecule has 2 heteroatoms. The molecular weight excluding hydrogens is 232 g/mol. The van der Waals surface area contributed by atoms with Crippen LogP contribution in [0.3, 0.4) is 0 Å². The molecule has 0 unspecified atom stereocenters. The fourth-order valence-corrected chi connectivity index (χ4v) is 2.78. The molecule has 0 aliphatic carbocycles. The molecular formula is C17H20N2. The van der Waals surface area contributed by atoms with Crippen molar-refractivity contribution < 1.29 is 0 Å². The van der Waals surface area contributed by atoms with Crippen LogP contribution in [-0.4, -0.2) is 13.1 Å². The largest absolute Gasteiger partial charge is 0.340 e. The fraction of sp³-hybridized carbons (Fsp3) is 0.294. The second-order valence-corrected chi connectivity index (χ2v) is 4.94. The molecule has 0 aromatic heterocycles. The predicted octanol–water partition coefficient (Wildman–Crippen LogP) is 3.49. The third-order valence-electron chi connectivity index (χ3n) is 3.77. The zero-order valence-electron chi connectivity index (χ0n) is 11.4. The zero-order valence-corrected chi connectivity index (χ0v) is 11.4. The molecule has 0 saturated heterocycles. The summed E-state index contributed by atoms with van der Waals surface area (Å²) in [6.07, 6.45) is 1.07. The first-order valence-electron chi connectivity index (χ1n) is 7.04. The van der Waals surface area contributed by atoms with E-state index in [1.807, 2.05) is 0 Å². The quantitative estimate of drug-likeness (QED) is 0.880. The van der Waals surface area contributed by atoms with Gasteiger partial charge in [0.2, 0.25) is 0 Å². The van der Waals surface area contributed by atoms with Gasteiger partial charge in [-0.25, -0.2) is 0 Å². The predicted molar refractivity (Wildman–Crippen MR) is 81.0 cm³/mol. The molecule has 2 nitrogen and oxygen atoms in total. The van der Waals surface area contributed by atoms with Crippen molar-refractivity contribution >= 4 is 11.4 Å². The summed E-state index contributed by atoms with van der Waals surface area (Å²) in [7, 11) is 0. The number of rotatable bonds is 2. The minimum Gasteiger partial charge on any atom is -0.340 e. The van der Waals surface area contributed by atoms with E-state index in [1.54, 1.807) is 0 Å². The standard InChI is InChI=1S/C17H20N2/c1-2-14-7-3-5-9-16(14)19-12-11-18-13-15-8-4-6-10-17(15)19/h3-10,18H,2,11-13H2,1H3. The molecule has 0 radical (unpaired) electrons. The lowest BCUT2D eigenvalue weighted by Crippen LogP contribution is -2.25. The smallest absolute Gasteiger partial charge is 0.0456 e. The first kappa shape index (κ1) is 12.2. The van der Waals surface area contributed by atoms with E-state index in [0.29, 0.717) is 0 Å². The number of hydrogen-bond donors (Lipinski definition) is 1. The van der Waals surface area contributed by atoms with E-state index in [-0.39, 0.29) is 0 Å². The van der Waals surface area contributed by atoms with Gasteiger partial charge in [-0.2, -0.15) is 0 Å². The van der Waals surface area contributed by atoms with Gasteiger partial charge in [-0.3, -0.25) is 0 Å². The van der Waals surface area contributed by atoms with Crippen LogP contribution >= 0.6 is 0 Å². The lowest BCUT2D eigenvalue weighted by molar-refractivity contribution is 0.712. The molecule has 1 aliphatic rings. The SMILES string of the molecule is CCc1ccccc1N1CCNCc2ccccc21. The molecule has 1 N–H and O–H groups in total. The maximum absolute atomic E-state index is 3.50. The molecule has 2 aromatic rings. The van der Waals surface area contributed by atoms with Crippen LogP contribution in [0, 0.1) is 0 Å². The summed E-state index contributed by atoms with van der Waals surface area (Å²) >= 11 is 0. The monoisotopic (exact) mass is 252 g/mol. The summed E-state index contributed by atoms with van der Waals surface area (Å²) in [5, 5.41) is 3.50. The Morgan fingerprint density at radius 1 is 1.00 bits per heavy atom. The van der Waals surface area contributed by atoms with E-state index in [4.69, 9.17) is 0 Å². The molecule has 3 rings (SSSR count). The lowest BCUT2D eigenvalue weighted by Gasteiger charge is -2.27. The third-order valence-corrected chi connectivity index (χ3v) is 3.77. The first-order valence-corrected chi connectivity index (χ1v) is 7.04. The number of nitrogens with zero attached hydrogens (tertiary/aromatic N) is 1. The molecule has 2 aromatic carbocycles. The van der Waals surface area contributed by atoms with Gasteiger partial charge < -0.3 is 10.2 Å². The fourth-order valence-electron chi connectivity index (χ4n) is 2.78. The average Bonchev–Trinajstić information content (AvgIpc) is 2.69. The summed E-state index contributed by atoms with van der Waals surface area (Å²) in [6, 6.07) is 17.4. The molecule has 19 heavy (non-hydrogen) atoms. The third kappa shape index (κ3) is 2.36. The Kier molecular flexibility index (Phi) is 3.51. The average molecular weight is 252 g/mol. The minimum atomic E-state index is 0.959. The van der Waals surface area contributed by atoms with Gasteiger partial charge in [0.25, 0.3) is 0 Å². The molecule has 0 spiro atoms. The van der Waals surface area contributed by atoms with E-state index in [1.165, 1.54) is 22.5 Å². The highest BCUT2D eigenvalue weighted by molar-refractivity contribution is 5.69. The van der Waals surface area contributed by atoms with Crippen LogP contribution in [0.5, 0.6) is 0 Å². The van der Waals surface area contributed by atoms with Crippen LogP contribution in [0.1, 0.15) is 18.1 Å². The molecule has 0 atom stereocenters. The summed E-state index contributed by atoms with van der Waals surface area (Å²) in [5.74, 6) is 0. The van der Waals surface area contributed by atoms with E-state index in [0.717, 1.165) is 26.1 Å². The Labute approximate surface area is 115 Å². The van der Waals surface area contributed by atoms with Gasteiger partial charge in [-0.1, -0.05) is 43.3 Å². The summed E-state index contributed by atoms with van der Waals surface area (Å²) in [4.78, 5) is 2.45. The number of anilines is 2. The zero-order chi connectivity index (χ0) is 13.1. The number of benzene rings is 2. The number of fused-ring (bicyclic) bond motifs is 1. The van der Waals surface area contributed by atoms with Crippen LogP contribution in [0.15, 0.2) is 48.5 Å². The van der Waals surface area contributed by atoms with Gasteiger partial charge >= 0.3 is 0 Å². The topological polar surface area (TPSA) is 15.3 Å². The summed E-state index contributed by atoms with van der Waals surface area (Å²) < 4.78 is 0. The van der Waals surface area contributed by atoms with Crippen molar-refractivity contribution in [1.29, 1.82) is 0 Å². The second-order valence-electron chi connectivity index (χ2n) is 4.94. The molecule has 0 bridgehead atoms. The molecule has 1 aliphatic heterocycles. The summed E-state index contributed by atoms with van der Waals surface area (Å²) in [6.45, 7) is 5.22. The van der Waals surface area contributed by atoms with Crippen LogP contribution in [-0.2, 0) is 13.0 Å². The molecule has 0 amide bonds. The van der Waals surface area contributed by atoms with Crippen molar-refractivity contribution in [2.75, 3.05) is 18.0 Å². The van der Waals surface area contributed by atoms with E-state index in [9.17, 15) is 0 Å². The number of hydrogen-bond acceptors (Lipinski definition) is 2. The highest BCUT2D eigenvalue weighted by Crippen LogP contribution is 2.32. The molecule has 1 heterocycles. The van der Waals surface area contributed by atoms with Crippen LogP contribution in [0.25, 0.3) is 0 Å². The molecule has 0 fully saturated rings. The van der Waals surface area contributed by atoms with Gasteiger partial charge in [0, 0.05) is 31.0 Å². The number of para-hydroxylation sites is 2. The first-order chi connectivity index (χ1) is 9.40. The minimum absolute atomic E-state index is 0.959. The van der Waals surface area contributed by atoms with Crippen molar-refractivity contribution in [2.24, 2.45) is 0 Å². The lowest BCUT2D eigenvalue weighted by atomic mass is 10.1. The molecule has 98 valence electrons. The van der Waals surface area contributed by atoms with E-state index in [2.05, 4.69) is 65.7 Å². The summed E-state index contributed by atoms with van der Waals surface area (Å²) in [5.41, 5.74) is 5.49. The van der Waals surface area contributed by atoms with Gasteiger partial charge in [-0.05, 0) is 29.7 Å². The highest BCUT2D eigenvalue weighted by Gasteiger charge is 2.17. The van der Waals surface area contributed by atoms with Crippen LogP contribution in [0.2, 0.25) is 0 Å². The van der Waals surface area contributed by atoms with Gasteiger partial charge in [-0.15, -0.1) is 0 Å². The van der Waals surface area contributed by atoms with Gasteiger partial charge in [0.1, 0.15) is 0 Å². The highest BCUT2D eigenvalue weighted by atomic mass is 15.2. The number of aryl methyl sites for hydroxylation is 1. The van der Waals surface area contributed by atoms with Gasteiger partial charge in [0.15, 0.2) is 0 Å². The normalized spacial score (nSPS) is 14.9. The Morgan fingerprint density at radius 3 is 2.58 bits per heavy atom. The van der Waals surface area contributed by atoms with E-state index >= 15 is 0 Å². The van der Waals surface area contributed by atoms with Crippen LogP contribution in [0.4, 0.5) is 11.4 Å². The maximum Gasteiger partial charge on any atom is 0.0456 e. The van der Waals surface area contributed by atoms with Gasteiger partial charge in [0.05, 0.1) is 0 Å². The van der Waals surface area contributed by atoms with E-state index < -0.39 is 0 Å².